The van der Waals surface area contributed by atoms with Gasteiger partial charge in [-0.25, -0.2) is 0 Å². The van der Waals surface area contributed by atoms with Gasteiger partial charge >= 0.3 is 0 Å². The Kier molecular flexibility index (Phi) is 5.35. The van der Waals surface area contributed by atoms with Crippen molar-refractivity contribution in [1.82, 2.24) is 4.90 Å². The number of rotatable bonds is 4. The normalized spacial score (nSPS) is 16.5. The number of benzene rings is 3. The van der Waals surface area contributed by atoms with E-state index in [0.29, 0.717) is 13.2 Å². The number of nitrogens with two attached hydrogens (primary N) is 1. The summed E-state index contributed by atoms with van der Waals surface area (Å²) in [4.78, 5) is 15.3. The zero-order valence-corrected chi connectivity index (χ0v) is 18.3. The maximum atomic E-state index is 13.3. The molecule has 0 saturated carbocycles. The van der Waals surface area contributed by atoms with Gasteiger partial charge in [-0.05, 0) is 59.9 Å². The number of nitrogens with zero attached hydrogens (tertiary/aromatic N) is 1. The van der Waals surface area contributed by atoms with Crippen molar-refractivity contribution in [3.05, 3.63) is 83.4 Å². The molecule has 2 heterocycles. The van der Waals surface area contributed by atoms with Gasteiger partial charge in [0.1, 0.15) is 11.5 Å². The standard InChI is InChI=1S/C27H28N2O3/c1-31-23-8-6-20(7-9-23)21-3-2-4-22(16-21)26(30)29-13-11-27(12-14-29)18-32-25-10-5-19(17-28)15-24(25)27/h2-10,15-16H,11-14,17-18,28H2,1H3. The van der Waals surface area contributed by atoms with Gasteiger partial charge < -0.3 is 20.1 Å². The molecule has 5 rings (SSSR count). The first-order valence-electron chi connectivity index (χ1n) is 11.1. The van der Waals surface area contributed by atoms with E-state index in [9.17, 15) is 4.79 Å². The lowest BCUT2D eigenvalue weighted by atomic mass is 9.74. The highest BCUT2D eigenvalue weighted by Gasteiger charge is 2.43. The van der Waals surface area contributed by atoms with Crippen LogP contribution in [0.3, 0.4) is 0 Å². The fourth-order valence-electron chi connectivity index (χ4n) is 4.89. The van der Waals surface area contributed by atoms with Gasteiger partial charge in [0, 0.05) is 36.2 Å². The number of likely N-dealkylation sites (tertiary alicyclic amines) is 1. The smallest absolute Gasteiger partial charge is 0.253 e. The largest absolute Gasteiger partial charge is 0.497 e. The number of piperidine rings is 1. The molecule has 0 aliphatic carbocycles. The summed E-state index contributed by atoms with van der Waals surface area (Å²) in [5, 5.41) is 0. The molecule has 0 bridgehead atoms. The summed E-state index contributed by atoms with van der Waals surface area (Å²) in [5.74, 6) is 1.87. The van der Waals surface area contributed by atoms with E-state index in [1.54, 1.807) is 7.11 Å². The Labute approximate surface area is 188 Å². The maximum Gasteiger partial charge on any atom is 0.253 e. The molecule has 0 aromatic heterocycles. The van der Waals surface area contributed by atoms with Crippen molar-refractivity contribution in [3.8, 4) is 22.6 Å². The second-order valence-electron chi connectivity index (χ2n) is 8.71. The van der Waals surface area contributed by atoms with Gasteiger partial charge in [0.25, 0.3) is 5.91 Å². The van der Waals surface area contributed by atoms with E-state index in [1.807, 2.05) is 65.6 Å². The minimum Gasteiger partial charge on any atom is -0.497 e. The molecular formula is C27H28N2O3. The Bertz CT molecular complexity index is 1130. The van der Waals surface area contributed by atoms with Gasteiger partial charge in [-0.1, -0.05) is 36.4 Å². The first-order valence-corrected chi connectivity index (χ1v) is 11.1. The second-order valence-corrected chi connectivity index (χ2v) is 8.71. The molecule has 2 aliphatic heterocycles. The molecule has 5 heteroatoms. The number of fused-ring (bicyclic) bond motifs is 2. The molecule has 1 amide bonds. The number of hydrogen-bond donors (Lipinski definition) is 1. The quantitative estimate of drug-likeness (QED) is 0.670. The van der Waals surface area contributed by atoms with Gasteiger partial charge in [0.2, 0.25) is 0 Å². The van der Waals surface area contributed by atoms with Gasteiger partial charge in [-0.3, -0.25) is 4.79 Å². The van der Waals surface area contributed by atoms with Gasteiger partial charge in [0.15, 0.2) is 0 Å². The summed E-state index contributed by atoms with van der Waals surface area (Å²) < 4.78 is 11.2. The lowest BCUT2D eigenvalue weighted by molar-refractivity contribution is 0.0646. The van der Waals surface area contributed by atoms with Crippen LogP contribution in [0.25, 0.3) is 11.1 Å². The third kappa shape index (κ3) is 3.63. The maximum absolute atomic E-state index is 13.3. The number of methoxy groups -OCH3 is 1. The first kappa shape index (κ1) is 20.6. The summed E-state index contributed by atoms with van der Waals surface area (Å²) in [7, 11) is 1.66. The number of amides is 1. The van der Waals surface area contributed by atoms with Crippen LogP contribution in [0.5, 0.6) is 11.5 Å². The average Bonchev–Trinajstić information content (AvgIpc) is 3.21. The van der Waals surface area contributed by atoms with Crippen LogP contribution in [0.1, 0.15) is 34.3 Å². The molecule has 1 fully saturated rings. The van der Waals surface area contributed by atoms with Crippen LogP contribution >= 0.6 is 0 Å². The van der Waals surface area contributed by atoms with Crippen molar-refractivity contribution >= 4 is 5.91 Å². The second kappa shape index (κ2) is 8.32. The number of carbonyl (C=O) groups excluding carboxylic acids is 1. The molecule has 5 nitrogen and oxygen atoms in total. The molecule has 0 unspecified atom stereocenters. The van der Waals surface area contributed by atoms with E-state index in [1.165, 1.54) is 5.56 Å². The highest BCUT2D eigenvalue weighted by molar-refractivity contribution is 5.95. The van der Waals surface area contributed by atoms with Crippen LogP contribution in [-0.4, -0.2) is 37.6 Å². The number of ether oxygens (including phenoxy) is 2. The van der Waals surface area contributed by atoms with E-state index in [-0.39, 0.29) is 11.3 Å². The predicted molar refractivity (Wildman–Crippen MR) is 125 cm³/mol. The Morgan fingerprint density at radius 2 is 1.81 bits per heavy atom. The first-order chi connectivity index (χ1) is 15.6. The monoisotopic (exact) mass is 428 g/mol. The zero-order chi connectivity index (χ0) is 22.1. The summed E-state index contributed by atoms with van der Waals surface area (Å²) in [6.45, 7) is 2.66. The third-order valence-corrected chi connectivity index (χ3v) is 6.90. The molecule has 2 aliphatic rings. The van der Waals surface area contributed by atoms with E-state index >= 15 is 0 Å². The molecule has 1 spiro atoms. The van der Waals surface area contributed by atoms with Crippen molar-refractivity contribution < 1.29 is 14.3 Å². The molecule has 0 atom stereocenters. The van der Waals surface area contributed by atoms with Gasteiger partial charge in [-0.15, -0.1) is 0 Å². The van der Waals surface area contributed by atoms with Gasteiger partial charge in [-0.2, -0.15) is 0 Å². The molecular weight excluding hydrogens is 400 g/mol. The van der Waals surface area contributed by atoms with Crippen molar-refractivity contribution in [1.29, 1.82) is 0 Å². The van der Waals surface area contributed by atoms with Crippen LogP contribution in [0.15, 0.2) is 66.7 Å². The molecule has 1 saturated heterocycles. The number of hydrogen-bond acceptors (Lipinski definition) is 4. The lowest BCUT2D eigenvalue weighted by Gasteiger charge is -2.38. The Hall–Kier alpha value is -3.31. The van der Waals surface area contributed by atoms with Crippen molar-refractivity contribution in [2.45, 2.75) is 24.8 Å². The van der Waals surface area contributed by atoms with Crippen molar-refractivity contribution in [2.75, 3.05) is 26.8 Å². The Morgan fingerprint density at radius 3 is 2.53 bits per heavy atom. The summed E-state index contributed by atoms with van der Waals surface area (Å²) in [6, 6.07) is 22.0. The summed E-state index contributed by atoms with van der Waals surface area (Å²) in [5.41, 5.74) is 11.0. The molecule has 32 heavy (non-hydrogen) atoms. The fourth-order valence-corrected chi connectivity index (χ4v) is 4.89. The Balaban J connectivity index is 1.31. The SMILES string of the molecule is COc1ccc(-c2cccc(C(=O)N3CCC4(CC3)COc3ccc(CN)cc34)c2)cc1. The zero-order valence-electron chi connectivity index (χ0n) is 18.3. The lowest BCUT2D eigenvalue weighted by Crippen LogP contribution is -2.46. The highest BCUT2D eigenvalue weighted by Crippen LogP contribution is 2.46. The summed E-state index contributed by atoms with van der Waals surface area (Å²) in [6.07, 6.45) is 1.80. The molecule has 0 radical (unpaired) electrons. The van der Waals surface area contributed by atoms with Crippen LogP contribution in [0, 0.1) is 0 Å². The van der Waals surface area contributed by atoms with E-state index in [2.05, 4.69) is 6.07 Å². The minimum absolute atomic E-state index is 0.0117. The third-order valence-electron chi connectivity index (χ3n) is 6.90. The van der Waals surface area contributed by atoms with Crippen LogP contribution in [-0.2, 0) is 12.0 Å². The topological polar surface area (TPSA) is 64.8 Å². The summed E-state index contributed by atoms with van der Waals surface area (Å²) >= 11 is 0. The van der Waals surface area contributed by atoms with Crippen molar-refractivity contribution in [2.24, 2.45) is 5.73 Å². The highest BCUT2D eigenvalue weighted by atomic mass is 16.5. The van der Waals surface area contributed by atoms with Crippen LogP contribution < -0.4 is 15.2 Å². The fraction of sp³-hybridized carbons (Fsp3) is 0.296. The van der Waals surface area contributed by atoms with E-state index < -0.39 is 0 Å². The minimum atomic E-state index is -0.0117. The molecule has 3 aromatic rings. The van der Waals surface area contributed by atoms with Crippen molar-refractivity contribution in [3.63, 3.8) is 0 Å². The van der Waals surface area contributed by atoms with Crippen LogP contribution in [0.2, 0.25) is 0 Å². The number of carbonyl (C=O) groups is 1. The predicted octanol–water partition coefficient (Wildman–Crippen LogP) is 4.39. The van der Waals surface area contributed by atoms with E-state index in [4.69, 9.17) is 15.2 Å². The van der Waals surface area contributed by atoms with Crippen LogP contribution in [0.4, 0.5) is 0 Å². The van der Waals surface area contributed by atoms with Gasteiger partial charge in [0.05, 0.1) is 13.7 Å². The molecule has 2 N–H and O–H groups in total. The molecule has 3 aromatic carbocycles. The van der Waals surface area contributed by atoms with E-state index in [0.717, 1.165) is 59.7 Å². The average molecular weight is 429 g/mol. The molecule has 164 valence electrons. The Morgan fingerprint density at radius 1 is 1.03 bits per heavy atom.